The van der Waals surface area contributed by atoms with Crippen molar-refractivity contribution in [3.63, 3.8) is 0 Å². The van der Waals surface area contributed by atoms with Gasteiger partial charge in [-0.15, -0.1) is 6.58 Å². The third-order valence-electron chi connectivity index (χ3n) is 3.52. The molecule has 0 spiro atoms. The molecule has 20 heavy (non-hydrogen) atoms. The predicted molar refractivity (Wildman–Crippen MR) is 74.0 cm³/mol. The number of hydrogen-bond donors (Lipinski definition) is 0. The largest absolute Gasteiger partial charge is 0.441 e. The number of hydrogen-bond acceptors (Lipinski definition) is 5. The molecular weight excluding hydrogens is 282 g/mol. The van der Waals surface area contributed by atoms with Crippen LogP contribution in [-0.2, 0) is 16.4 Å². The minimum atomic E-state index is -3.44. The summed E-state index contributed by atoms with van der Waals surface area (Å²) in [5.74, 6) is -0.154. The maximum Gasteiger partial charge on any atom is 0.441 e. The Kier molecular flexibility index (Phi) is 4.44. The Morgan fingerprint density at radius 2 is 2.30 bits per heavy atom. The minimum absolute atomic E-state index is 0.120. The van der Waals surface area contributed by atoms with Crippen molar-refractivity contribution in [2.75, 3.05) is 19.3 Å². The molecule has 2 heterocycles. The van der Waals surface area contributed by atoms with E-state index in [0.29, 0.717) is 18.7 Å². The van der Waals surface area contributed by atoms with Crippen molar-refractivity contribution in [3.8, 4) is 0 Å². The highest BCUT2D eigenvalue weighted by Crippen LogP contribution is 2.23. The molecular formula is C12H19N3O4S. The molecule has 0 aromatic carbocycles. The highest BCUT2D eigenvalue weighted by molar-refractivity contribution is 7.89. The summed E-state index contributed by atoms with van der Waals surface area (Å²) in [6.45, 7) is 3.78. The van der Waals surface area contributed by atoms with Crippen molar-refractivity contribution < 1.29 is 12.9 Å². The summed E-state index contributed by atoms with van der Waals surface area (Å²) in [6.07, 6.45) is 4.56. The fourth-order valence-corrected chi connectivity index (χ4v) is 3.82. The van der Waals surface area contributed by atoms with Crippen molar-refractivity contribution in [1.29, 1.82) is 0 Å². The number of likely N-dealkylation sites (N-methyl/N-ethyl adjacent to an activating group) is 1. The smallest absolute Gasteiger partial charge is 0.296 e. The standard InChI is InChI=1S/C12H19N3O4S/c1-3-8-14(2)20(17,18)9-10-6-4-5-7-11-13-19-12(16)15(10)11/h3,10H,1,4-9H2,2H3. The highest BCUT2D eigenvalue weighted by Gasteiger charge is 2.29. The van der Waals surface area contributed by atoms with Crippen molar-refractivity contribution in [1.82, 2.24) is 14.0 Å². The molecule has 0 N–H and O–H groups in total. The highest BCUT2D eigenvalue weighted by atomic mass is 32.2. The molecule has 0 radical (unpaired) electrons. The van der Waals surface area contributed by atoms with E-state index < -0.39 is 21.8 Å². The van der Waals surface area contributed by atoms with E-state index in [1.54, 1.807) is 0 Å². The van der Waals surface area contributed by atoms with Gasteiger partial charge in [0.15, 0.2) is 5.82 Å². The Hall–Kier alpha value is -1.41. The fraction of sp³-hybridized carbons (Fsp3) is 0.667. The predicted octanol–water partition coefficient (Wildman–Crippen LogP) is 0.551. The lowest BCUT2D eigenvalue weighted by Gasteiger charge is -2.20. The number of rotatable bonds is 5. The molecule has 112 valence electrons. The van der Waals surface area contributed by atoms with E-state index >= 15 is 0 Å². The van der Waals surface area contributed by atoms with Crippen LogP contribution in [0.4, 0.5) is 0 Å². The average molecular weight is 301 g/mol. The second-order valence-electron chi connectivity index (χ2n) is 4.98. The molecule has 1 aliphatic rings. The molecule has 0 saturated heterocycles. The van der Waals surface area contributed by atoms with E-state index in [0.717, 1.165) is 12.8 Å². The second kappa shape index (κ2) is 5.92. The first-order valence-corrected chi connectivity index (χ1v) is 8.18. The molecule has 8 heteroatoms. The maximum absolute atomic E-state index is 12.3. The van der Waals surface area contributed by atoms with Gasteiger partial charge in [0.2, 0.25) is 10.0 Å². The van der Waals surface area contributed by atoms with Gasteiger partial charge in [0, 0.05) is 20.0 Å². The van der Waals surface area contributed by atoms with Gasteiger partial charge in [-0.25, -0.2) is 17.5 Å². The molecule has 1 unspecified atom stereocenters. The van der Waals surface area contributed by atoms with Gasteiger partial charge in [-0.1, -0.05) is 17.7 Å². The Labute approximate surface area is 117 Å². The van der Waals surface area contributed by atoms with Crippen LogP contribution in [0.3, 0.4) is 0 Å². The first-order valence-electron chi connectivity index (χ1n) is 6.57. The second-order valence-corrected chi connectivity index (χ2v) is 7.10. The van der Waals surface area contributed by atoms with E-state index in [2.05, 4.69) is 16.3 Å². The normalized spacial score (nSPS) is 19.6. The summed E-state index contributed by atoms with van der Waals surface area (Å²) in [4.78, 5) is 11.7. The first-order chi connectivity index (χ1) is 9.45. The molecule has 0 fully saturated rings. The molecule has 2 rings (SSSR count). The molecule has 1 atom stereocenters. The van der Waals surface area contributed by atoms with E-state index in [-0.39, 0.29) is 12.3 Å². The van der Waals surface area contributed by atoms with Gasteiger partial charge in [-0.05, 0) is 12.8 Å². The Balaban J connectivity index is 2.27. The summed E-state index contributed by atoms with van der Waals surface area (Å²) in [5, 5.41) is 3.73. The van der Waals surface area contributed by atoms with Crippen molar-refractivity contribution in [2.45, 2.75) is 31.7 Å². The fourth-order valence-electron chi connectivity index (χ4n) is 2.43. The van der Waals surface area contributed by atoms with Crippen molar-refractivity contribution >= 4 is 10.0 Å². The summed E-state index contributed by atoms with van der Waals surface area (Å²) < 4.78 is 31.8. The lowest BCUT2D eigenvalue weighted by Crippen LogP contribution is -2.35. The van der Waals surface area contributed by atoms with Crippen LogP contribution in [0.15, 0.2) is 22.0 Å². The van der Waals surface area contributed by atoms with Crippen LogP contribution >= 0.6 is 0 Å². The molecule has 7 nitrogen and oxygen atoms in total. The van der Waals surface area contributed by atoms with Gasteiger partial charge < -0.3 is 0 Å². The van der Waals surface area contributed by atoms with Crippen LogP contribution in [0.5, 0.6) is 0 Å². The van der Waals surface area contributed by atoms with Gasteiger partial charge in [-0.2, -0.15) is 0 Å². The number of nitrogens with zero attached hydrogens (tertiary/aromatic N) is 3. The van der Waals surface area contributed by atoms with Gasteiger partial charge in [-0.3, -0.25) is 9.09 Å². The van der Waals surface area contributed by atoms with Crippen molar-refractivity contribution in [3.05, 3.63) is 29.0 Å². The maximum atomic E-state index is 12.3. The van der Waals surface area contributed by atoms with Crippen LogP contribution in [0.2, 0.25) is 0 Å². The number of sulfonamides is 1. The Bertz CT molecular complexity index is 631. The van der Waals surface area contributed by atoms with E-state index in [9.17, 15) is 13.2 Å². The molecule has 0 aliphatic carbocycles. The van der Waals surface area contributed by atoms with Crippen LogP contribution in [0.25, 0.3) is 0 Å². The monoisotopic (exact) mass is 301 g/mol. The van der Waals surface area contributed by atoms with E-state index in [1.807, 2.05) is 0 Å². The first kappa shape index (κ1) is 15.0. The van der Waals surface area contributed by atoms with Crippen LogP contribution in [0.1, 0.15) is 31.1 Å². The number of aryl methyl sites for hydroxylation is 1. The number of aromatic nitrogens is 2. The quantitative estimate of drug-likeness (QED) is 0.741. The van der Waals surface area contributed by atoms with Crippen LogP contribution in [0, 0.1) is 0 Å². The zero-order valence-corrected chi connectivity index (χ0v) is 12.3. The molecule has 1 aromatic heterocycles. The molecule has 1 aromatic rings. The zero-order chi connectivity index (χ0) is 14.8. The minimum Gasteiger partial charge on any atom is -0.296 e. The average Bonchev–Trinajstić information content (AvgIpc) is 2.63. The molecule has 0 bridgehead atoms. The lowest BCUT2D eigenvalue weighted by molar-refractivity contribution is 0.357. The molecule has 0 amide bonds. The van der Waals surface area contributed by atoms with Gasteiger partial charge in [0.05, 0.1) is 11.8 Å². The summed E-state index contributed by atoms with van der Waals surface area (Å²) in [6, 6.07) is -0.413. The Morgan fingerprint density at radius 1 is 1.55 bits per heavy atom. The third kappa shape index (κ3) is 3.01. The molecule has 0 saturated carbocycles. The van der Waals surface area contributed by atoms with Gasteiger partial charge in [0.1, 0.15) is 0 Å². The van der Waals surface area contributed by atoms with Gasteiger partial charge in [0.25, 0.3) is 0 Å². The van der Waals surface area contributed by atoms with Crippen LogP contribution in [-0.4, -0.2) is 41.8 Å². The van der Waals surface area contributed by atoms with E-state index in [1.165, 1.54) is 22.0 Å². The van der Waals surface area contributed by atoms with E-state index in [4.69, 9.17) is 0 Å². The van der Waals surface area contributed by atoms with Gasteiger partial charge >= 0.3 is 5.76 Å². The number of fused-ring (bicyclic) bond motifs is 1. The lowest BCUT2D eigenvalue weighted by atomic mass is 10.1. The summed E-state index contributed by atoms with van der Waals surface area (Å²) in [5.41, 5.74) is 0. The molecule has 1 aliphatic heterocycles. The van der Waals surface area contributed by atoms with Crippen LogP contribution < -0.4 is 5.76 Å². The summed E-state index contributed by atoms with van der Waals surface area (Å²) >= 11 is 0. The topological polar surface area (TPSA) is 85.4 Å². The SMILES string of the molecule is C=CCN(C)S(=O)(=O)CC1CCCCc2noc(=O)n21. The Morgan fingerprint density at radius 3 is 3.00 bits per heavy atom. The zero-order valence-electron chi connectivity index (χ0n) is 11.5. The van der Waals surface area contributed by atoms with Crippen molar-refractivity contribution in [2.24, 2.45) is 0 Å². The summed E-state index contributed by atoms with van der Waals surface area (Å²) in [7, 11) is -1.94. The third-order valence-corrected chi connectivity index (χ3v) is 5.43.